The molecule has 18 heavy (non-hydrogen) atoms. The number of hydrogen-bond acceptors (Lipinski definition) is 3. The van der Waals surface area contributed by atoms with Gasteiger partial charge in [-0.15, -0.1) is 0 Å². The highest BCUT2D eigenvalue weighted by atomic mass is 16.5. The maximum atomic E-state index is 11.8. The molecule has 1 heterocycles. The Hall–Kier alpha value is -1.75. The molecule has 1 aromatic carbocycles. The van der Waals surface area contributed by atoms with Gasteiger partial charge in [0, 0.05) is 18.8 Å². The lowest BCUT2D eigenvalue weighted by atomic mass is 10.3. The number of anilines is 1. The van der Waals surface area contributed by atoms with Gasteiger partial charge in [0.25, 0.3) is 0 Å². The Morgan fingerprint density at radius 1 is 1.50 bits per heavy atom. The molecule has 2 amide bonds. The van der Waals surface area contributed by atoms with E-state index in [1.54, 1.807) is 17.0 Å². The number of amides is 2. The van der Waals surface area contributed by atoms with E-state index >= 15 is 0 Å². The normalized spacial score (nSPS) is 18.8. The SMILES string of the molecule is CCOc1ccc(NC(=O)N2CC[C@@H](O)C2)cc1. The van der Waals surface area contributed by atoms with Gasteiger partial charge < -0.3 is 20.1 Å². The van der Waals surface area contributed by atoms with E-state index in [9.17, 15) is 9.90 Å². The first kappa shape index (κ1) is 12.7. The minimum Gasteiger partial charge on any atom is -0.494 e. The van der Waals surface area contributed by atoms with E-state index in [-0.39, 0.29) is 6.03 Å². The van der Waals surface area contributed by atoms with Crippen LogP contribution in [0, 0.1) is 0 Å². The van der Waals surface area contributed by atoms with E-state index in [0.717, 1.165) is 11.4 Å². The molecule has 1 fully saturated rings. The van der Waals surface area contributed by atoms with Crippen LogP contribution in [0.5, 0.6) is 5.75 Å². The average Bonchev–Trinajstić information content (AvgIpc) is 2.79. The number of aliphatic hydroxyl groups is 1. The summed E-state index contributed by atoms with van der Waals surface area (Å²) in [4.78, 5) is 13.5. The summed E-state index contributed by atoms with van der Waals surface area (Å²) in [7, 11) is 0. The number of nitrogens with one attached hydrogen (secondary N) is 1. The number of carbonyl (C=O) groups excluding carboxylic acids is 1. The zero-order valence-corrected chi connectivity index (χ0v) is 10.4. The highest BCUT2D eigenvalue weighted by Crippen LogP contribution is 2.17. The molecule has 1 saturated heterocycles. The first-order valence-electron chi connectivity index (χ1n) is 6.16. The monoisotopic (exact) mass is 250 g/mol. The van der Waals surface area contributed by atoms with Crippen molar-refractivity contribution in [2.45, 2.75) is 19.4 Å². The van der Waals surface area contributed by atoms with Crippen molar-refractivity contribution >= 4 is 11.7 Å². The number of benzene rings is 1. The van der Waals surface area contributed by atoms with E-state index in [1.807, 2.05) is 19.1 Å². The van der Waals surface area contributed by atoms with Gasteiger partial charge in [-0.2, -0.15) is 0 Å². The van der Waals surface area contributed by atoms with Crippen molar-refractivity contribution in [1.29, 1.82) is 0 Å². The number of likely N-dealkylation sites (tertiary alicyclic amines) is 1. The topological polar surface area (TPSA) is 61.8 Å². The maximum Gasteiger partial charge on any atom is 0.321 e. The molecule has 5 nitrogen and oxygen atoms in total. The quantitative estimate of drug-likeness (QED) is 0.858. The van der Waals surface area contributed by atoms with Crippen LogP contribution >= 0.6 is 0 Å². The number of hydrogen-bond donors (Lipinski definition) is 2. The summed E-state index contributed by atoms with van der Waals surface area (Å²) >= 11 is 0. The Labute approximate surface area is 106 Å². The van der Waals surface area contributed by atoms with Crippen molar-refractivity contribution in [3.05, 3.63) is 24.3 Å². The lowest BCUT2D eigenvalue weighted by Gasteiger charge is -2.16. The summed E-state index contributed by atoms with van der Waals surface area (Å²) < 4.78 is 5.32. The first-order chi connectivity index (χ1) is 8.69. The van der Waals surface area contributed by atoms with E-state index in [1.165, 1.54) is 0 Å². The van der Waals surface area contributed by atoms with Gasteiger partial charge >= 0.3 is 6.03 Å². The molecule has 0 saturated carbocycles. The summed E-state index contributed by atoms with van der Waals surface area (Å²) in [6.07, 6.45) is 0.257. The molecular weight excluding hydrogens is 232 g/mol. The fourth-order valence-electron chi connectivity index (χ4n) is 1.93. The number of β-amino-alcohol motifs (C(OH)–C–C–N with tert-alkyl or cyclic N) is 1. The Morgan fingerprint density at radius 2 is 2.22 bits per heavy atom. The summed E-state index contributed by atoms with van der Waals surface area (Å²) in [5.41, 5.74) is 0.727. The van der Waals surface area contributed by atoms with Gasteiger partial charge in [0.1, 0.15) is 5.75 Å². The molecule has 0 aliphatic carbocycles. The van der Waals surface area contributed by atoms with Crippen molar-refractivity contribution in [3.63, 3.8) is 0 Å². The zero-order chi connectivity index (χ0) is 13.0. The minimum absolute atomic E-state index is 0.171. The molecule has 2 rings (SSSR count). The van der Waals surface area contributed by atoms with E-state index in [0.29, 0.717) is 26.1 Å². The predicted molar refractivity (Wildman–Crippen MR) is 68.8 cm³/mol. The lowest BCUT2D eigenvalue weighted by molar-refractivity contribution is 0.176. The number of carbonyl (C=O) groups is 1. The summed E-state index contributed by atoms with van der Waals surface area (Å²) in [6.45, 7) is 3.55. The van der Waals surface area contributed by atoms with Gasteiger partial charge in [-0.05, 0) is 37.6 Å². The smallest absolute Gasteiger partial charge is 0.321 e. The molecule has 1 aromatic rings. The van der Waals surface area contributed by atoms with Crippen LogP contribution in [0.15, 0.2) is 24.3 Å². The minimum atomic E-state index is -0.393. The number of ether oxygens (including phenoxy) is 1. The highest BCUT2D eigenvalue weighted by Gasteiger charge is 2.24. The second-order valence-corrected chi connectivity index (χ2v) is 4.28. The Bertz CT molecular complexity index is 405. The van der Waals surface area contributed by atoms with Crippen molar-refractivity contribution < 1.29 is 14.6 Å². The number of nitrogens with zero attached hydrogens (tertiary/aromatic N) is 1. The second kappa shape index (κ2) is 5.73. The van der Waals surface area contributed by atoms with Crippen molar-refractivity contribution in [2.24, 2.45) is 0 Å². The van der Waals surface area contributed by atoms with Gasteiger partial charge in [0.2, 0.25) is 0 Å². The van der Waals surface area contributed by atoms with E-state index in [2.05, 4.69) is 5.32 Å². The van der Waals surface area contributed by atoms with Crippen molar-refractivity contribution in [2.75, 3.05) is 25.0 Å². The van der Waals surface area contributed by atoms with Crippen LogP contribution in [0.4, 0.5) is 10.5 Å². The molecule has 1 atom stereocenters. The molecule has 0 bridgehead atoms. The van der Waals surface area contributed by atoms with E-state index < -0.39 is 6.10 Å². The van der Waals surface area contributed by atoms with Crippen LogP contribution in [0.3, 0.4) is 0 Å². The molecule has 0 aromatic heterocycles. The third kappa shape index (κ3) is 3.13. The van der Waals surface area contributed by atoms with Crippen LogP contribution in [-0.4, -0.2) is 41.8 Å². The fourth-order valence-corrected chi connectivity index (χ4v) is 1.93. The molecular formula is C13H18N2O3. The highest BCUT2D eigenvalue weighted by molar-refractivity contribution is 5.89. The predicted octanol–water partition coefficient (Wildman–Crippen LogP) is 1.68. The van der Waals surface area contributed by atoms with Gasteiger partial charge in [-0.1, -0.05) is 0 Å². The molecule has 0 spiro atoms. The van der Waals surface area contributed by atoms with E-state index in [4.69, 9.17) is 4.74 Å². The number of aliphatic hydroxyl groups excluding tert-OH is 1. The maximum absolute atomic E-state index is 11.8. The average molecular weight is 250 g/mol. The zero-order valence-electron chi connectivity index (χ0n) is 10.4. The largest absolute Gasteiger partial charge is 0.494 e. The molecule has 0 radical (unpaired) electrons. The Kier molecular flexibility index (Phi) is 4.04. The number of urea groups is 1. The number of rotatable bonds is 3. The molecule has 98 valence electrons. The van der Waals surface area contributed by atoms with Crippen LogP contribution < -0.4 is 10.1 Å². The van der Waals surface area contributed by atoms with Gasteiger partial charge in [0.15, 0.2) is 0 Å². The standard InChI is InChI=1S/C13H18N2O3/c1-2-18-12-5-3-10(4-6-12)14-13(17)15-8-7-11(16)9-15/h3-6,11,16H,2,7-9H2,1H3,(H,14,17)/t11-/m1/s1. The Balaban J connectivity index is 1.90. The lowest BCUT2D eigenvalue weighted by Crippen LogP contribution is -2.33. The van der Waals surface area contributed by atoms with Crippen molar-refractivity contribution in [3.8, 4) is 5.75 Å². The van der Waals surface area contributed by atoms with Crippen LogP contribution in [0.1, 0.15) is 13.3 Å². The molecule has 1 aliphatic rings. The summed E-state index contributed by atoms with van der Waals surface area (Å²) in [5, 5.41) is 12.2. The molecule has 0 unspecified atom stereocenters. The molecule has 2 N–H and O–H groups in total. The van der Waals surface area contributed by atoms with Crippen LogP contribution in [0.25, 0.3) is 0 Å². The molecule has 1 aliphatic heterocycles. The summed E-state index contributed by atoms with van der Waals surface area (Å²) in [5.74, 6) is 0.784. The van der Waals surface area contributed by atoms with Gasteiger partial charge in [-0.25, -0.2) is 4.79 Å². The Morgan fingerprint density at radius 3 is 2.78 bits per heavy atom. The summed E-state index contributed by atoms with van der Waals surface area (Å²) in [6, 6.07) is 7.07. The van der Waals surface area contributed by atoms with Crippen LogP contribution in [0.2, 0.25) is 0 Å². The third-order valence-corrected chi connectivity index (χ3v) is 2.87. The third-order valence-electron chi connectivity index (χ3n) is 2.87. The van der Waals surface area contributed by atoms with Gasteiger partial charge in [-0.3, -0.25) is 0 Å². The van der Waals surface area contributed by atoms with Crippen LogP contribution in [-0.2, 0) is 0 Å². The second-order valence-electron chi connectivity index (χ2n) is 4.28. The molecule has 5 heteroatoms. The van der Waals surface area contributed by atoms with Crippen molar-refractivity contribution in [1.82, 2.24) is 4.90 Å². The van der Waals surface area contributed by atoms with Gasteiger partial charge in [0.05, 0.1) is 12.7 Å². The fraction of sp³-hybridized carbons (Fsp3) is 0.462. The first-order valence-corrected chi connectivity index (χ1v) is 6.16.